The SMILES string of the molecule is O=C([C@@H]1C[C@@H](O)[C@H](O)[C@@H]2NC(=S)N(c3ccc(-n4cccn4)cc3)[C@@H]21)N1CCOCC1. The fourth-order valence-corrected chi connectivity index (χ4v) is 5.19. The second kappa shape index (κ2) is 8.19. The van der Waals surface area contributed by atoms with Crippen LogP contribution in [0.1, 0.15) is 6.42 Å². The lowest BCUT2D eigenvalue weighted by molar-refractivity contribution is -0.145. The Morgan fingerprint density at radius 1 is 1.16 bits per heavy atom. The van der Waals surface area contributed by atoms with Gasteiger partial charge in [0.15, 0.2) is 5.11 Å². The molecular weight excluding hydrogens is 418 g/mol. The van der Waals surface area contributed by atoms with Crippen molar-refractivity contribution >= 4 is 28.9 Å². The van der Waals surface area contributed by atoms with Crippen LogP contribution in [0.15, 0.2) is 42.7 Å². The molecule has 1 aromatic heterocycles. The van der Waals surface area contributed by atoms with Crippen molar-refractivity contribution in [3.63, 3.8) is 0 Å². The number of aliphatic hydroxyl groups excluding tert-OH is 2. The second-order valence-corrected chi connectivity index (χ2v) is 8.53. The lowest BCUT2D eigenvalue weighted by Crippen LogP contribution is -2.61. The highest BCUT2D eigenvalue weighted by atomic mass is 32.1. The first-order valence-electron chi connectivity index (χ1n) is 10.5. The number of hydrogen-bond donors (Lipinski definition) is 3. The van der Waals surface area contributed by atoms with Crippen molar-refractivity contribution in [2.24, 2.45) is 5.92 Å². The Balaban J connectivity index is 1.46. The predicted molar refractivity (Wildman–Crippen MR) is 117 cm³/mol. The number of carbonyl (C=O) groups excluding carboxylic acids is 1. The number of carbonyl (C=O) groups is 1. The molecule has 1 saturated carbocycles. The van der Waals surface area contributed by atoms with Crippen LogP contribution < -0.4 is 10.2 Å². The van der Waals surface area contributed by atoms with Crippen LogP contribution in [-0.4, -0.2) is 86.5 Å². The minimum absolute atomic E-state index is 0.0334. The number of aliphatic hydroxyl groups is 2. The van der Waals surface area contributed by atoms with Crippen molar-refractivity contribution in [1.29, 1.82) is 0 Å². The Bertz CT molecular complexity index is 947. The van der Waals surface area contributed by atoms with E-state index in [0.29, 0.717) is 31.4 Å². The first-order chi connectivity index (χ1) is 15.0. The number of anilines is 1. The third kappa shape index (κ3) is 3.59. The van der Waals surface area contributed by atoms with Crippen LogP contribution in [0.2, 0.25) is 0 Å². The number of amides is 1. The van der Waals surface area contributed by atoms with Gasteiger partial charge in [-0.25, -0.2) is 4.68 Å². The van der Waals surface area contributed by atoms with E-state index in [9.17, 15) is 15.0 Å². The zero-order valence-electron chi connectivity index (χ0n) is 16.9. The van der Waals surface area contributed by atoms with Gasteiger partial charge in [0.2, 0.25) is 5.91 Å². The largest absolute Gasteiger partial charge is 0.390 e. The summed E-state index contributed by atoms with van der Waals surface area (Å²) in [5, 5.41) is 29.0. The molecule has 1 amide bonds. The number of nitrogens with zero attached hydrogens (tertiary/aromatic N) is 4. The van der Waals surface area contributed by atoms with E-state index < -0.39 is 30.2 Å². The quantitative estimate of drug-likeness (QED) is 0.566. The summed E-state index contributed by atoms with van der Waals surface area (Å²) in [7, 11) is 0. The maximum Gasteiger partial charge on any atom is 0.228 e. The normalized spacial score (nSPS) is 30.8. The van der Waals surface area contributed by atoms with Crippen LogP contribution in [0.25, 0.3) is 5.69 Å². The number of morpholine rings is 1. The molecule has 1 aromatic carbocycles. The minimum Gasteiger partial charge on any atom is -0.390 e. The summed E-state index contributed by atoms with van der Waals surface area (Å²) in [5.74, 6) is -0.533. The maximum atomic E-state index is 13.4. The molecule has 1 aliphatic carbocycles. The number of aromatic nitrogens is 2. The Morgan fingerprint density at radius 3 is 2.55 bits per heavy atom. The standard InChI is InChI=1S/C21H25N5O4S/c27-16-12-15(20(29)24-8-10-30-11-9-24)18-17(19(16)28)23-21(31)26(18)14-4-2-13(3-5-14)25-7-1-6-22-25/h1-7,15-19,27-28H,8-12H2,(H,23,31)/t15-,16-,17-,18-,19+/m1/s1. The molecule has 31 heavy (non-hydrogen) atoms. The molecule has 3 aliphatic rings. The van der Waals surface area contributed by atoms with Gasteiger partial charge in [0, 0.05) is 31.2 Å². The molecule has 5 atom stereocenters. The third-order valence-electron chi connectivity index (χ3n) is 6.38. The van der Waals surface area contributed by atoms with Gasteiger partial charge in [-0.15, -0.1) is 0 Å². The molecule has 0 spiro atoms. The van der Waals surface area contributed by atoms with Crippen LogP contribution >= 0.6 is 12.2 Å². The van der Waals surface area contributed by atoms with Gasteiger partial charge >= 0.3 is 0 Å². The van der Waals surface area contributed by atoms with Gasteiger partial charge in [0.25, 0.3) is 0 Å². The zero-order chi connectivity index (χ0) is 21.5. The molecule has 0 bridgehead atoms. The van der Waals surface area contributed by atoms with Gasteiger partial charge < -0.3 is 30.1 Å². The molecule has 164 valence electrons. The van der Waals surface area contributed by atoms with Crippen molar-refractivity contribution in [2.75, 3.05) is 31.2 Å². The summed E-state index contributed by atoms with van der Waals surface area (Å²) in [6.45, 7) is 2.07. The molecular formula is C21H25N5O4S. The molecule has 2 aliphatic heterocycles. The van der Waals surface area contributed by atoms with Crippen LogP contribution in [0.3, 0.4) is 0 Å². The van der Waals surface area contributed by atoms with E-state index in [4.69, 9.17) is 17.0 Å². The summed E-state index contributed by atoms with van der Waals surface area (Å²) in [6.07, 6.45) is 1.76. The first-order valence-corrected chi connectivity index (χ1v) is 10.9. The van der Waals surface area contributed by atoms with E-state index in [-0.39, 0.29) is 12.3 Å². The Kier molecular flexibility index (Phi) is 5.39. The van der Waals surface area contributed by atoms with Gasteiger partial charge in [0.1, 0.15) is 6.10 Å². The van der Waals surface area contributed by atoms with Crippen molar-refractivity contribution < 1.29 is 19.7 Å². The van der Waals surface area contributed by atoms with E-state index in [1.54, 1.807) is 15.8 Å². The maximum absolute atomic E-state index is 13.4. The van der Waals surface area contributed by atoms with Crippen LogP contribution in [-0.2, 0) is 9.53 Å². The van der Waals surface area contributed by atoms with E-state index >= 15 is 0 Å². The molecule has 10 heteroatoms. The van der Waals surface area contributed by atoms with E-state index in [0.717, 1.165) is 11.4 Å². The molecule has 3 heterocycles. The second-order valence-electron chi connectivity index (χ2n) is 8.14. The van der Waals surface area contributed by atoms with Crippen LogP contribution in [0.4, 0.5) is 5.69 Å². The topological polar surface area (TPSA) is 103 Å². The number of nitrogens with one attached hydrogen (secondary N) is 1. The van der Waals surface area contributed by atoms with Gasteiger partial charge in [-0.2, -0.15) is 5.10 Å². The summed E-state index contributed by atoms with van der Waals surface area (Å²) in [5.41, 5.74) is 1.73. The molecule has 0 radical (unpaired) electrons. The summed E-state index contributed by atoms with van der Waals surface area (Å²) < 4.78 is 7.14. The van der Waals surface area contributed by atoms with Gasteiger partial charge in [-0.05, 0) is 49.0 Å². The van der Waals surface area contributed by atoms with E-state index in [1.165, 1.54) is 0 Å². The molecule has 3 N–H and O–H groups in total. The predicted octanol–water partition coefficient (Wildman–Crippen LogP) is -0.0955. The van der Waals surface area contributed by atoms with Crippen molar-refractivity contribution in [2.45, 2.75) is 30.7 Å². The van der Waals surface area contributed by atoms with Crippen molar-refractivity contribution in [3.05, 3.63) is 42.7 Å². The van der Waals surface area contributed by atoms with Gasteiger partial charge in [-0.1, -0.05) is 0 Å². The molecule has 3 fully saturated rings. The smallest absolute Gasteiger partial charge is 0.228 e. The number of ether oxygens (including phenoxy) is 1. The summed E-state index contributed by atoms with van der Waals surface area (Å²) >= 11 is 5.60. The Morgan fingerprint density at radius 2 is 1.87 bits per heavy atom. The highest BCUT2D eigenvalue weighted by molar-refractivity contribution is 7.80. The van der Waals surface area contributed by atoms with Gasteiger partial charge in [0.05, 0.1) is 43.0 Å². The number of benzene rings is 1. The average Bonchev–Trinajstić information content (AvgIpc) is 3.45. The first kappa shape index (κ1) is 20.4. The van der Waals surface area contributed by atoms with E-state index in [2.05, 4.69) is 10.4 Å². The monoisotopic (exact) mass is 443 g/mol. The number of thiocarbonyl (C=S) groups is 1. The highest BCUT2D eigenvalue weighted by Crippen LogP contribution is 2.37. The lowest BCUT2D eigenvalue weighted by Gasteiger charge is -2.43. The van der Waals surface area contributed by atoms with Crippen LogP contribution in [0, 0.1) is 5.92 Å². The van der Waals surface area contributed by atoms with E-state index in [1.807, 2.05) is 41.4 Å². The average molecular weight is 444 g/mol. The number of rotatable bonds is 3. The Labute approximate surface area is 185 Å². The Hall–Kier alpha value is -2.53. The van der Waals surface area contributed by atoms with Crippen molar-refractivity contribution in [1.82, 2.24) is 20.0 Å². The lowest BCUT2D eigenvalue weighted by atomic mass is 9.77. The molecule has 5 rings (SSSR count). The fraction of sp³-hybridized carbons (Fsp3) is 0.476. The molecule has 9 nitrogen and oxygen atoms in total. The van der Waals surface area contributed by atoms with Gasteiger partial charge in [-0.3, -0.25) is 4.79 Å². The molecule has 0 unspecified atom stereocenters. The minimum atomic E-state index is -1.01. The summed E-state index contributed by atoms with van der Waals surface area (Å²) in [6, 6.07) is 8.67. The number of fused-ring (bicyclic) bond motifs is 1. The van der Waals surface area contributed by atoms with Crippen LogP contribution in [0.5, 0.6) is 0 Å². The third-order valence-corrected chi connectivity index (χ3v) is 6.70. The molecule has 2 aromatic rings. The number of hydrogen-bond acceptors (Lipinski definition) is 6. The summed E-state index contributed by atoms with van der Waals surface area (Å²) in [4.78, 5) is 17.1. The highest BCUT2D eigenvalue weighted by Gasteiger charge is 2.54. The fourth-order valence-electron chi connectivity index (χ4n) is 4.83. The zero-order valence-corrected chi connectivity index (χ0v) is 17.7. The van der Waals surface area contributed by atoms with Crippen molar-refractivity contribution in [3.8, 4) is 5.69 Å². The molecule has 2 saturated heterocycles.